The zero-order valence-electron chi connectivity index (χ0n) is 8.47. The van der Waals surface area contributed by atoms with E-state index < -0.39 is 0 Å². The summed E-state index contributed by atoms with van der Waals surface area (Å²) in [5, 5.41) is 0. The molecule has 0 aliphatic carbocycles. The Bertz CT molecular complexity index is 366. The minimum atomic E-state index is -0.351. The second kappa shape index (κ2) is 5.37. The predicted octanol–water partition coefficient (Wildman–Crippen LogP) is 2.44. The van der Waals surface area contributed by atoms with Crippen LogP contribution in [0.4, 0.5) is 4.39 Å². The van der Waals surface area contributed by atoms with Crippen LogP contribution in [0.1, 0.15) is 18.9 Å². The summed E-state index contributed by atoms with van der Waals surface area (Å²) in [5.74, 6) is -0.391. The Labute approximate surface area is 96.8 Å². The Morgan fingerprint density at radius 3 is 2.87 bits per heavy atom. The summed E-state index contributed by atoms with van der Waals surface area (Å²) in [6.07, 6.45) is 0.388. The second-order valence-corrected chi connectivity index (χ2v) is 4.55. The van der Waals surface area contributed by atoms with E-state index in [-0.39, 0.29) is 30.5 Å². The third-order valence-corrected chi connectivity index (χ3v) is 2.44. The number of halogens is 2. The molecular formula is C11H13BrFNO. The molecule has 0 saturated carbocycles. The molecule has 1 aromatic rings. The number of benzene rings is 1. The highest BCUT2D eigenvalue weighted by atomic mass is 79.9. The molecule has 4 heteroatoms. The monoisotopic (exact) mass is 273 g/mol. The van der Waals surface area contributed by atoms with Gasteiger partial charge < -0.3 is 5.73 Å². The maximum atomic E-state index is 13.3. The molecule has 15 heavy (non-hydrogen) atoms. The molecule has 0 aromatic heterocycles. The maximum Gasteiger partial charge on any atom is 0.138 e. The number of nitrogens with two attached hydrogens (primary N) is 1. The van der Waals surface area contributed by atoms with Gasteiger partial charge in [-0.2, -0.15) is 0 Å². The molecule has 0 fully saturated rings. The van der Waals surface area contributed by atoms with Crippen LogP contribution in [0, 0.1) is 5.82 Å². The van der Waals surface area contributed by atoms with Crippen molar-refractivity contribution in [2.24, 2.45) is 5.73 Å². The fraction of sp³-hybridized carbons (Fsp3) is 0.364. The van der Waals surface area contributed by atoms with Crippen LogP contribution in [-0.2, 0) is 11.2 Å². The molecule has 0 aliphatic rings. The van der Waals surface area contributed by atoms with E-state index in [2.05, 4.69) is 15.9 Å². The van der Waals surface area contributed by atoms with Crippen molar-refractivity contribution in [2.75, 3.05) is 0 Å². The van der Waals surface area contributed by atoms with E-state index in [1.165, 1.54) is 6.07 Å². The molecule has 0 amide bonds. The van der Waals surface area contributed by atoms with Crippen LogP contribution in [0.5, 0.6) is 0 Å². The van der Waals surface area contributed by atoms with Crippen molar-refractivity contribution in [1.82, 2.24) is 0 Å². The summed E-state index contributed by atoms with van der Waals surface area (Å²) < 4.78 is 14.0. The van der Waals surface area contributed by atoms with Gasteiger partial charge in [0.2, 0.25) is 0 Å². The van der Waals surface area contributed by atoms with Crippen LogP contribution in [0.3, 0.4) is 0 Å². The molecule has 1 rings (SSSR count). The third-order valence-electron chi connectivity index (χ3n) is 1.95. The van der Waals surface area contributed by atoms with E-state index in [1.54, 1.807) is 19.1 Å². The summed E-state index contributed by atoms with van der Waals surface area (Å²) in [6, 6.07) is 4.40. The van der Waals surface area contributed by atoms with Crippen molar-refractivity contribution in [2.45, 2.75) is 25.8 Å². The third kappa shape index (κ3) is 4.10. The summed E-state index contributed by atoms with van der Waals surface area (Å²) in [6.45, 7) is 1.76. The van der Waals surface area contributed by atoms with Gasteiger partial charge in [0.1, 0.15) is 11.6 Å². The minimum absolute atomic E-state index is 0.0398. The highest BCUT2D eigenvalue weighted by Crippen LogP contribution is 2.16. The van der Waals surface area contributed by atoms with Crippen molar-refractivity contribution >= 4 is 21.7 Å². The first-order valence-electron chi connectivity index (χ1n) is 4.70. The van der Waals surface area contributed by atoms with Gasteiger partial charge in [0.15, 0.2) is 0 Å². The normalized spacial score (nSPS) is 12.5. The molecule has 0 heterocycles. The van der Waals surface area contributed by atoms with Gasteiger partial charge >= 0.3 is 0 Å². The number of carbonyl (C=O) groups excluding carboxylic acids is 1. The van der Waals surface area contributed by atoms with Crippen molar-refractivity contribution in [3.8, 4) is 0 Å². The maximum absolute atomic E-state index is 13.3. The minimum Gasteiger partial charge on any atom is -0.328 e. The first kappa shape index (κ1) is 12.3. The number of carbonyl (C=O) groups is 1. The van der Waals surface area contributed by atoms with E-state index in [0.29, 0.717) is 5.56 Å². The highest BCUT2D eigenvalue weighted by Gasteiger charge is 2.10. The zero-order valence-corrected chi connectivity index (χ0v) is 10.1. The van der Waals surface area contributed by atoms with Crippen LogP contribution >= 0.6 is 15.9 Å². The number of ketones is 1. The van der Waals surface area contributed by atoms with Crippen molar-refractivity contribution < 1.29 is 9.18 Å². The molecule has 0 radical (unpaired) electrons. The fourth-order valence-electron chi connectivity index (χ4n) is 1.32. The summed E-state index contributed by atoms with van der Waals surface area (Å²) in [5.41, 5.74) is 5.90. The quantitative estimate of drug-likeness (QED) is 0.916. The zero-order chi connectivity index (χ0) is 11.4. The number of rotatable bonds is 4. The van der Waals surface area contributed by atoms with E-state index in [4.69, 9.17) is 5.73 Å². The molecule has 1 atom stereocenters. The molecule has 0 aliphatic heterocycles. The van der Waals surface area contributed by atoms with Crippen LogP contribution in [0.25, 0.3) is 0 Å². The Kier molecular flexibility index (Phi) is 4.42. The van der Waals surface area contributed by atoms with Gasteiger partial charge in [-0.1, -0.05) is 15.9 Å². The van der Waals surface area contributed by atoms with Gasteiger partial charge in [0.05, 0.1) is 0 Å². The topological polar surface area (TPSA) is 43.1 Å². The van der Waals surface area contributed by atoms with Gasteiger partial charge in [-0.05, 0) is 30.7 Å². The molecule has 0 saturated heterocycles. The van der Waals surface area contributed by atoms with E-state index >= 15 is 0 Å². The summed E-state index contributed by atoms with van der Waals surface area (Å²) in [7, 11) is 0. The van der Waals surface area contributed by atoms with Crippen LogP contribution < -0.4 is 5.73 Å². The Hall–Kier alpha value is -0.740. The average Bonchev–Trinajstić information content (AvgIpc) is 2.10. The molecule has 1 aromatic carbocycles. The SMILES string of the molecule is CC(N)CC(=O)Cc1cc(Br)ccc1F. The average molecular weight is 274 g/mol. The van der Waals surface area contributed by atoms with Gasteiger partial charge in [-0.3, -0.25) is 4.79 Å². The Balaban J connectivity index is 2.71. The van der Waals surface area contributed by atoms with Crippen molar-refractivity contribution in [3.05, 3.63) is 34.1 Å². The van der Waals surface area contributed by atoms with Crippen molar-refractivity contribution in [3.63, 3.8) is 0 Å². The highest BCUT2D eigenvalue weighted by molar-refractivity contribution is 9.10. The Morgan fingerprint density at radius 1 is 1.60 bits per heavy atom. The van der Waals surface area contributed by atoms with Gasteiger partial charge in [0, 0.05) is 23.4 Å². The molecule has 0 bridgehead atoms. The Morgan fingerprint density at radius 2 is 2.27 bits per heavy atom. The first-order valence-corrected chi connectivity index (χ1v) is 5.49. The van der Waals surface area contributed by atoms with E-state index in [9.17, 15) is 9.18 Å². The molecule has 82 valence electrons. The molecular weight excluding hydrogens is 261 g/mol. The second-order valence-electron chi connectivity index (χ2n) is 3.63. The van der Waals surface area contributed by atoms with Gasteiger partial charge in [-0.25, -0.2) is 4.39 Å². The number of Topliss-reactive ketones (excluding diaryl/α,β-unsaturated/α-hetero) is 1. The van der Waals surface area contributed by atoms with Crippen LogP contribution in [0.15, 0.2) is 22.7 Å². The van der Waals surface area contributed by atoms with Crippen LogP contribution in [-0.4, -0.2) is 11.8 Å². The first-order chi connectivity index (χ1) is 6.99. The number of hydrogen-bond donors (Lipinski definition) is 1. The molecule has 1 unspecified atom stereocenters. The standard InChI is InChI=1S/C11H13BrFNO/c1-7(14)4-10(15)6-8-5-9(12)2-3-11(8)13/h2-3,5,7H,4,6,14H2,1H3. The lowest BCUT2D eigenvalue weighted by Gasteiger charge is -2.05. The largest absolute Gasteiger partial charge is 0.328 e. The smallest absolute Gasteiger partial charge is 0.138 e. The predicted molar refractivity (Wildman–Crippen MR) is 61.1 cm³/mol. The lowest BCUT2D eigenvalue weighted by Crippen LogP contribution is -2.20. The van der Waals surface area contributed by atoms with Gasteiger partial charge in [-0.15, -0.1) is 0 Å². The van der Waals surface area contributed by atoms with Crippen LogP contribution in [0.2, 0.25) is 0 Å². The summed E-state index contributed by atoms with van der Waals surface area (Å²) >= 11 is 3.23. The van der Waals surface area contributed by atoms with Gasteiger partial charge in [0.25, 0.3) is 0 Å². The van der Waals surface area contributed by atoms with E-state index in [0.717, 1.165) is 4.47 Å². The molecule has 0 spiro atoms. The van der Waals surface area contributed by atoms with Crippen molar-refractivity contribution in [1.29, 1.82) is 0 Å². The molecule has 2 nitrogen and oxygen atoms in total. The lowest BCUT2D eigenvalue weighted by molar-refractivity contribution is -0.118. The lowest BCUT2D eigenvalue weighted by atomic mass is 10.0. The summed E-state index contributed by atoms with van der Waals surface area (Å²) in [4.78, 5) is 11.4. The molecule has 2 N–H and O–H groups in total. The number of hydrogen-bond acceptors (Lipinski definition) is 2. The fourth-order valence-corrected chi connectivity index (χ4v) is 1.73. The van der Waals surface area contributed by atoms with E-state index in [1.807, 2.05) is 0 Å².